The lowest BCUT2D eigenvalue weighted by Gasteiger charge is -2.02. The van der Waals surface area contributed by atoms with Crippen molar-refractivity contribution in [2.45, 2.75) is 6.92 Å². The number of nitrogens with zero attached hydrogens (tertiary/aromatic N) is 2. The first-order valence-electron chi connectivity index (χ1n) is 6.58. The summed E-state index contributed by atoms with van der Waals surface area (Å²) >= 11 is 0. The minimum Gasteiger partial charge on any atom is -0.545 e. The number of pyridine rings is 1. The van der Waals surface area contributed by atoms with E-state index in [9.17, 15) is 9.90 Å². The third-order valence-electron chi connectivity index (χ3n) is 3.23. The van der Waals surface area contributed by atoms with Crippen LogP contribution in [0.25, 0.3) is 23.0 Å². The summed E-state index contributed by atoms with van der Waals surface area (Å²) in [5.74, 6) is -1.23. The van der Waals surface area contributed by atoms with Gasteiger partial charge in [-0.3, -0.25) is 4.40 Å². The zero-order chi connectivity index (χ0) is 14.8. The van der Waals surface area contributed by atoms with Crippen LogP contribution < -0.4 is 5.11 Å². The molecule has 0 amide bonds. The number of hydrogen-bond donors (Lipinski definition) is 0. The van der Waals surface area contributed by atoms with Gasteiger partial charge in [0.05, 0.1) is 17.4 Å². The van der Waals surface area contributed by atoms with Crippen molar-refractivity contribution in [3.8, 4) is 11.3 Å². The summed E-state index contributed by atoms with van der Waals surface area (Å²) in [6.07, 6.45) is 4.49. The van der Waals surface area contributed by atoms with Gasteiger partial charge < -0.3 is 9.90 Å². The van der Waals surface area contributed by atoms with E-state index < -0.39 is 5.97 Å². The molecule has 2 aromatic heterocycles. The van der Waals surface area contributed by atoms with E-state index in [1.54, 1.807) is 0 Å². The number of rotatable bonds is 3. The molecule has 104 valence electrons. The number of aryl methyl sites for hydroxylation is 1. The fourth-order valence-electron chi connectivity index (χ4n) is 2.28. The Balaban J connectivity index is 2.28. The fourth-order valence-corrected chi connectivity index (χ4v) is 2.28. The van der Waals surface area contributed by atoms with Crippen LogP contribution in [-0.4, -0.2) is 15.4 Å². The molecule has 0 saturated heterocycles. The molecular weight excluding hydrogens is 264 g/mol. The van der Waals surface area contributed by atoms with Gasteiger partial charge in [0, 0.05) is 11.8 Å². The number of hydrogen-bond acceptors (Lipinski definition) is 3. The van der Waals surface area contributed by atoms with Gasteiger partial charge in [0.1, 0.15) is 5.65 Å². The molecule has 0 aliphatic rings. The molecule has 0 bridgehead atoms. The van der Waals surface area contributed by atoms with Crippen LogP contribution in [-0.2, 0) is 4.79 Å². The van der Waals surface area contributed by atoms with E-state index in [-0.39, 0.29) is 0 Å². The number of carboxylic acid groups (broad SMARTS) is 1. The largest absolute Gasteiger partial charge is 0.545 e. The highest BCUT2D eigenvalue weighted by Gasteiger charge is 2.11. The van der Waals surface area contributed by atoms with Crippen LogP contribution in [0.3, 0.4) is 0 Å². The molecule has 2 heterocycles. The van der Waals surface area contributed by atoms with E-state index in [1.807, 2.05) is 60.0 Å². The predicted octanol–water partition coefficient (Wildman–Crippen LogP) is 2.07. The van der Waals surface area contributed by atoms with Crippen LogP contribution in [0.15, 0.2) is 54.7 Å². The van der Waals surface area contributed by atoms with E-state index >= 15 is 0 Å². The molecule has 0 spiro atoms. The van der Waals surface area contributed by atoms with E-state index in [2.05, 4.69) is 4.98 Å². The highest BCUT2D eigenvalue weighted by molar-refractivity contribution is 5.86. The summed E-state index contributed by atoms with van der Waals surface area (Å²) < 4.78 is 1.89. The van der Waals surface area contributed by atoms with Gasteiger partial charge >= 0.3 is 0 Å². The second-order valence-corrected chi connectivity index (χ2v) is 4.80. The van der Waals surface area contributed by atoms with Crippen molar-refractivity contribution in [2.24, 2.45) is 0 Å². The quantitative estimate of drug-likeness (QED) is 0.689. The molecule has 4 nitrogen and oxygen atoms in total. The molecule has 3 rings (SSSR count). The summed E-state index contributed by atoms with van der Waals surface area (Å²) in [6.45, 7) is 1.98. The first-order valence-corrected chi connectivity index (χ1v) is 6.58. The monoisotopic (exact) mass is 277 g/mol. The summed E-state index contributed by atoms with van der Waals surface area (Å²) in [4.78, 5) is 15.3. The van der Waals surface area contributed by atoms with Crippen LogP contribution in [0.5, 0.6) is 0 Å². The summed E-state index contributed by atoms with van der Waals surface area (Å²) in [7, 11) is 0. The van der Waals surface area contributed by atoms with Gasteiger partial charge in [-0.15, -0.1) is 0 Å². The molecule has 0 N–H and O–H groups in total. The maximum absolute atomic E-state index is 10.7. The third kappa shape index (κ3) is 2.56. The molecule has 0 radical (unpaired) electrons. The van der Waals surface area contributed by atoms with Gasteiger partial charge in [-0.2, -0.15) is 0 Å². The average molecular weight is 277 g/mol. The van der Waals surface area contributed by atoms with Crippen molar-refractivity contribution in [1.82, 2.24) is 9.38 Å². The van der Waals surface area contributed by atoms with Crippen LogP contribution in [0, 0.1) is 6.92 Å². The topological polar surface area (TPSA) is 57.4 Å². The minimum absolute atomic E-state index is 0.726. The van der Waals surface area contributed by atoms with Crippen molar-refractivity contribution in [2.75, 3.05) is 0 Å². The normalized spacial score (nSPS) is 11.3. The maximum Gasteiger partial charge on any atom is 0.137 e. The summed E-state index contributed by atoms with van der Waals surface area (Å²) in [6, 6.07) is 13.6. The number of carbonyl (C=O) groups excluding carboxylic acids is 1. The summed E-state index contributed by atoms with van der Waals surface area (Å²) in [5, 5.41) is 10.7. The first kappa shape index (κ1) is 13.1. The van der Waals surface area contributed by atoms with Crippen LogP contribution in [0.2, 0.25) is 0 Å². The highest BCUT2D eigenvalue weighted by Crippen LogP contribution is 2.25. The fraction of sp³-hybridized carbons (Fsp3) is 0.0588. The number of carbonyl (C=O) groups is 1. The van der Waals surface area contributed by atoms with Crippen molar-refractivity contribution < 1.29 is 9.90 Å². The Bertz CT molecular complexity index is 833. The molecule has 0 fully saturated rings. The Morgan fingerprint density at radius 1 is 1.19 bits per heavy atom. The minimum atomic E-state index is -1.23. The van der Waals surface area contributed by atoms with Crippen LogP contribution >= 0.6 is 0 Å². The number of benzene rings is 1. The lowest BCUT2D eigenvalue weighted by molar-refractivity contribution is -0.297. The second kappa shape index (κ2) is 5.25. The number of imidazole rings is 1. The number of aliphatic carboxylic acids is 1. The lowest BCUT2D eigenvalue weighted by Crippen LogP contribution is -2.18. The Kier molecular flexibility index (Phi) is 3.28. The zero-order valence-corrected chi connectivity index (χ0v) is 11.5. The maximum atomic E-state index is 10.7. The Morgan fingerprint density at radius 2 is 1.95 bits per heavy atom. The molecule has 0 saturated carbocycles. The van der Waals surface area contributed by atoms with Crippen molar-refractivity contribution in [3.05, 3.63) is 66.0 Å². The van der Waals surface area contributed by atoms with Gasteiger partial charge in [0.25, 0.3) is 0 Å². The highest BCUT2D eigenvalue weighted by atomic mass is 16.4. The molecule has 0 aliphatic carbocycles. The second-order valence-electron chi connectivity index (χ2n) is 4.80. The van der Waals surface area contributed by atoms with Crippen molar-refractivity contribution in [1.29, 1.82) is 0 Å². The molecule has 0 atom stereocenters. The Morgan fingerprint density at radius 3 is 2.67 bits per heavy atom. The summed E-state index contributed by atoms with van der Waals surface area (Å²) in [5.41, 5.74) is 4.26. The van der Waals surface area contributed by atoms with Gasteiger partial charge in [0.2, 0.25) is 0 Å². The van der Waals surface area contributed by atoms with Gasteiger partial charge in [0.15, 0.2) is 0 Å². The van der Waals surface area contributed by atoms with Gasteiger partial charge in [-0.25, -0.2) is 4.98 Å². The van der Waals surface area contributed by atoms with Crippen molar-refractivity contribution >= 4 is 17.7 Å². The van der Waals surface area contributed by atoms with E-state index in [0.717, 1.165) is 34.2 Å². The van der Waals surface area contributed by atoms with Crippen LogP contribution in [0.4, 0.5) is 0 Å². The number of carboxylic acids is 1. The Labute approximate surface area is 122 Å². The lowest BCUT2D eigenvalue weighted by atomic mass is 10.1. The zero-order valence-electron chi connectivity index (χ0n) is 11.5. The molecule has 21 heavy (non-hydrogen) atoms. The van der Waals surface area contributed by atoms with Crippen molar-refractivity contribution in [3.63, 3.8) is 0 Å². The third-order valence-corrected chi connectivity index (χ3v) is 3.23. The van der Waals surface area contributed by atoms with Gasteiger partial charge in [-0.05, 0) is 30.7 Å². The molecule has 0 unspecified atom stereocenters. The van der Waals surface area contributed by atoms with E-state index in [4.69, 9.17) is 0 Å². The standard InChI is InChI=1S/C17H14N2O2/c1-12-7-9-15-18-17(13-5-3-2-4-6-13)14(19(15)11-12)8-10-16(20)21/h2-11H,1H3,(H,20,21)/p-1/b10-8+. The smallest absolute Gasteiger partial charge is 0.137 e. The number of aromatic nitrogens is 2. The predicted molar refractivity (Wildman–Crippen MR) is 79.4 cm³/mol. The van der Waals surface area contributed by atoms with E-state index in [0.29, 0.717) is 0 Å². The first-order chi connectivity index (χ1) is 10.1. The Hall–Kier alpha value is -2.88. The molecule has 4 heteroatoms. The molecular formula is C17H13N2O2-. The van der Waals surface area contributed by atoms with Crippen LogP contribution in [0.1, 0.15) is 11.3 Å². The van der Waals surface area contributed by atoms with E-state index in [1.165, 1.54) is 6.08 Å². The SMILES string of the molecule is Cc1ccc2nc(-c3ccccc3)c(/C=C/C(=O)[O-])n2c1. The number of fused-ring (bicyclic) bond motifs is 1. The molecule has 3 aromatic rings. The van der Waals surface area contributed by atoms with Gasteiger partial charge in [-0.1, -0.05) is 36.4 Å². The average Bonchev–Trinajstić information content (AvgIpc) is 2.84. The molecule has 1 aromatic carbocycles. The molecule has 0 aliphatic heterocycles.